The molecule has 1 aromatic heterocycles. The van der Waals surface area contributed by atoms with Gasteiger partial charge >= 0.3 is 0 Å². The summed E-state index contributed by atoms with van der Waals surface area (Å²) in [7, 11) is 1.79. The highest BCUT2D eigenvalue weighted by atomic mass is 79.9. The summed E-state index contributed by atoms with van der Waals surface area (Å²) in [6.45, 7) is 0.537. The summed E-state index contributed by atoms with van der Waals surface area (Å²) in [4.78, 5) is 14.2. The first-order valence-corrected chi connectivity index (χ1v) is 7.77. The molecule has 2 aromatic carbocycles. The molecule has 0 radical (unpaired) electrons. The van der Waals surface area contributed by atoms with Gasteiger partial charge in [0.05, 0.1) is 5.69 Å². The summed E-state index contributed by atoms with van der Waals surface area (Å²) < 4.78 is 2.53. The van der Waals surface area contributed by atoms with E-state index in [4.69, 9.17) is 0 Å². The van der Waals surface area contributed by atoms with Crippen LogP contribution in [0.3, 0.4) is 0 Å². The maximum atomic E-state index is 12.5. The SMILES string of the molecule is CN(Cc1ccccc1Br)C(=O)c1ccc(-n2cnnn2)cc1. The summed E-state index contributed by atoms with van der Waals surface area (Å²) in [6.07, 6.45) is 1.51. The Morgan fingerprint density at radius 3 is 2.57 bits per heavy atom. The van der Waals surface area contributed by atoms with Crippen LogP contribution >= 0.6 is 15.9 Å². The third-order valence-corrected chi connectivity index (χ3v) is 4.21. The van der Waals surface area contributed by atoms with Crippen molar-refractivity contribution in [3.8, 4) is 5.69 Å². The number of hydrogen-bond acceptors (Lipinski definition) is 4. The quantitative estimate of drug-likeness (QED) is 0.707. The Balaban J connectivity index is 1.73. The molecular weight excluding hydrogens is 358 g/mol. The molecule has 0 fully saturated rings. The maximum Gasteiger partial charge on any atom is 0.253 e. The average molecular weight is 372 g/mol. The summed E-state index contributed by atoms with van der Waals surface area (Å²) in [5.41, 5.74) is 2.49. The van der Waals surface area contributed by atoms with E-state index < -0.39 is 0 Å². The van der Waals surface area contributed by atoms with Crippen LogP contribution in [-0.2, 0) is 6.54 Å². The second-order valence-corrected chi connectivity index (χ2v) is 5.91. The van der Waals surface area contributed by atoms with Crippen LogP contribution in [0.1, 0.15) is 15.9 Å². The van der Waals surface area contributed by atoms with E-state index in [0.717, 1.165) is 15.7 Å². The molecule has 1 amide bonds. The van der Waals surface area contributed by atoms with E-state index in [1.54, 1.807) is 28.8 Å². The zero-order chi connectivity index (χ0) is 16.2. The molecule has 7 heteroatoms. The van der Waals surface area contributed by atoms with Crippen LogP contribution < -0.4 is 0 Å². The molecular formula is C16H14BrN5O. The van der Waals surface area contributed by atoms with Gasteiger partial charge in [0, 0.05) is 23.6 Å². The lowest BCUT2D eigenvalue weighted by molar-refractivity contribution is 0.0785. The lowest BCUT2D eigenvalue weighted by atomic mass is 10.1. The van der Waals surface area contributed by atoms with Crippen molar-refractivity contribution in [3.63, 3.8) is 0 Å². The van der Waals surface area contributed by atoms with Crippen LogP contribution in [0.25, 0.3) is 5.69 Å². The number of benzene rings is 2. The Morgan fingerprint density at radius 1 is 1.17 bits per heavy atom. The number of nitrogens with zero attached hydrogens (tertiary/aromatic N) is 5. The van der Waals surface area contributed by atoms with E-state index >= 15 is 0 Å². The molecule has 6 nitrogen and oxygen atoms in total. The van der Waals surface area contributed by atoms with Crippen LogP contribution in [0, 0.1) is 0 Å². The van der Waals surface area contributed by atoms with E-state index in [1.807, 2.05) is 36.4 Å². The predicted molar refractivity (Wildman–Crippen MR) is 89.1 cm³/mol. The van der Waals surface area contributed by atoms with E-state index in [9.17, 15) is 4.79 Å². The second kappa shape index (κ2) is 6.70. The van der Waals surface area contributed by atoms with E-state index in [2.05, 4.69) is 31.5 Å². The van der Waals surface area contributed by atoms with Gasteiger partial charge in [-0.3, -0.25) is 4.79 Å². The van der Waals surface area contributed by atoms with Crippen LogP contribution in [0.15, 0.2) is 59.3 Å². The number of aromatic nitrogens is 4. The van der Waals surface area contributed by atoms with Crippen molar-refractivity contribution in [2.24, 2.45) is 0 Å². The zero-order valence-electron chi connectivity index (χ0n) is 12.4. The number of carbonyl (C=O) groups is 1. The normalized spacial score (nSPS) is 10.5. The van der Waals surface area contributed by atoms with Crippen molar-refractivity contribution >= 4 is 21.8 Å². The van der Waals surface area contributed by atoms with Gasteiger partial charge in [0.15, 0.2) is 0 Å². The molecule has 0 aliphatic rings. The lowest BCUT2D eigenvalue weighted by Crippen LogP contribution is -2.26. The van der Waals surface area contributed by atoms with Gasteiger partial charge in [-0.25, -0.2) is 4.68 Å². The van der Waals surface area contributed by atoms with Crippen LogP contribution in [0.2, 0.25) is 0 Å². The van der Waals surface area contributed by atoms with Crippen molar-refractivity contribution in [1.82, 2.24) is 25.1 Å². The van der Waals surface area contributed by atoms with Crippen molar-refractivity contribution in [3.05, 3.63) is 70.5 Å². The molecule has 23 heavy (non-hydrogen) atoms. The highest BCUT2D eigenvalue weighted by Crippen LogP contribution is 2.18. The molecule has 0 saturated heterocycles. The highest BCUT2D eigenvalue weighted by molar-refractivity contribution is 9.10. The minimum absolute atomic E-state index is 0.0379. The first-order valence-electron chi connectivity index (χ1n) is 6.97. The first kappa shape index (κ1) is 15.4. The summed E-state index contributed by atoms with van der Waals surface area (Å²) >= 11 is 3.50. The molecule has 0 spiro atoms. The highest BCUT2D eigenvalue weighted by Gasteiger charge is 2.13. The van der Waals surface area contributed by atoms with Gasteiger partial charge in [0.1, 0.15) is 6.33 Å². The summed E-state index contributed by atoms with van der Waals surface area (Å²) in [5, 5.41) is 11.0. The number of amides is 1. The monoisotopic (exact) mass is 371 g/mol. The molecule has 3 rings (SSSR count). The molecule has 1 heterocycles. The third-order valence-electron chi connectivity index (χ3n) is 3.44. The number of halogens is 1. The van der Waals surface area contributed by atoms with Crippen LogP contribution in [0.5, 0.6) is 0 Å². The molecule has 0 N–H and O–H groups in total. The summed E-state index contributed by atoms with van der Waals surface area (Å²) in [5.74, 6) is -0.0379. The molecule has 3 aromatic rings. The molecule has 116 valence electrons. The van der Waals surface area contributed by atoms with Crippen molar-refractivity contribution in [1.29, 1.82) is 0 Å². The first-order chi connectivity index (χ1) is 11.1. The fraction of sp³-hybridized carbons (Fsp3) is 0.125. The zero-order valence-corrected chi connectivity index (χ0v) is 14.0. The smallest absolute Gasteiger partial charge is 0.253 e. The molecule has 0 bridgehead atoms. The van der Waals surface area contributed by atoms with Gasteiger partial charge < -0.3 is 4.90 Å². The molecule has 0 aliphatic carbocycles. The Labute approximate surface area is 141 Å². The lowest BCUT2D eigenvalue weighted by Gasteiger charge is -2.18. The molecule has 0 saturated carbocycles. The number of hydrogen-bond donors (Lipinski definition) is 0. The molecule has 0 atom stereocenters. The van der Waals surface area contributed by atoms with Crippen molar-refractivity contribution in [2.75, 3.05) is 7.05 Å². The van der Waals surface area contributed by atoms with Gasteiger partial charge in [-0.1, -0.05) is 34.1 Å². The summed E-state index contributed by atoms with van der Waals surface area (Å²) in [6, 6.07) is 15.0. The van der Waals surface area contributed by atoms with E-state index in [-0.39, 0.29) is 5.91 Å². The largest absolute Gasteiger partial charge is 0.337 e. The second-order valence-electron chi connectivity index (χ2n) is 5.05. The topological polar surface area (TPSA) is 63.9 Å². The number of carbonyl (C=O) groups excluding carboxylic acids is 1. The fourth-order valence-corrected chi connectivity index (χ4v) is 2.62. The number of tetrazole rings is 1. The average Bonchev–Trinajstić information content (AvgIpc) is 3.11. The van der Waals surface area contributed by atoms with Gasteiger partial charge in [-0.15, -0.1) is 5.10 Å². The minimum Gasteiger partial charge on any atom is -0.337 e. The van der Waals surface area contributed by atoms with Crippen LogP contribution in [0.4, 0.5) is 0 Å². The number of rotatable bonds is 4. The standard InChI is InChI=1S/C16H14BrN5O/c1-21(10-13-4-2-3-5-15(13)17)16(23)12-6-8-14(9-7-12)22-11-18-19-20-22/h2-9,11H,10H2,1H3. The molecule has 0 unspecified atom stereocenters. The van der Waals surface area contributed by atoms with Crippen LogP contribution in [-0.4, -0.2) is 38.1 Å². The van der Waals surface area contributed by atoms with Crippen molar-refractivity contribution in [2.45, 2.75) is 6.54 Å². The van der Waals surface area contributed by atoms with Gasteiger partial charge in [-0.2, -0.15) is 0 Å². The van der Waals surface area contributed by atoms with Crippen molar-refractivity contribution < 1.29 is 4.79 Å². The van der Waals surface area contributed by atoms with E-state index in [0.29, 0.717) is 12.1 Å². The minimum atomic E-state index is -0.0379. The third kappa shape index (κ3) is 3.45. The van der Waals surface area contributed by atoms with Gasteiger partial charge in [0.2, 0.25) is 0 Å². The Bertz CT molecular complexity index is 802. The van der Waals surface area contributed by atoms with E-state index in [1.165, 1.54) is 6.33 Å². The Hall–Kier alpha value is -2.54. The Morgan fingerprint density at radius 2 is 1.91 bits per heavy atom. The predicted octanol–water partition coefficient (Wildman–Crippen LogP) is 2.70. The molecule has 0 aliphatic heterocycles. The Kier molecular flexibility index (Phi) is 4.47. The fourth-order valence-electron chi connectivity index (χ4n) is 2.21. The maximum absolute atomic E-state index is 12.5. The van der Waals surface area contributed by atoms with Gasteiger partial charge in [-0.05, 0) is 46.3 Å². The van der Waals surface area contributed by atoms with Gasteiger partial charge in [0.25, 0.3) is 5.91 Å².